The quantitative estimate of drug-likeness (QED) is 0.710. The summed E-state index contributed by atoms with van der Waals surface area (Å²) in [4.78, 5) is 27.4. The topological polar surface area (TPSA) is 66.8 Å². The molecule has 0 aliphatic carbocycles. The van der Waals surface area contributed by atoms with Gasteiger partial charge in [-0.25, -0.2) is 4.90 Å². The molecular weight excluding hydrogens is 409 g/mol. The minimum atomic E-state index is -0.492. The fraction of sp³-hybridized carbons (Fsp3) is 0.158. The number of rotatable bonds is 6. The normalized spacial score (nSPS) is 14.3. The van der Waals surface area contributed by atoms with Gasteiger partial charge >= 0.3 is 0 Å². The molecule has 0 saturated heterocycles. The lowest BCUT2D eigenvalue weighted by Crippen LogP contribution is -2.31. The number of carbonyl (C=O) groups is 2. The molecule has 27 heavy (non-hydrogen) atoms. The van der Waals surface area contributed by atoms with Gasteiger partial charge in [0, 0.05) is 10.8 Å². The Morgan fingerprint density at radius 3 is 2.41 bits per heavy atom. The molecule has 0 aromatic heterocycles. The van der Waals surface area contributed by atoms with Gasteiger partial charge in [-0.15, -0.1) is 11.8 Å². The Kier molecular flexibility index (Phi) is 6.11. The summed E-state index contributed by atoms with van der Waals surface area (Å²) >= 11 is 13.4. The summed E-state index contributed by atoms with van der Waals surface area (Å²) in [5.41, 5.74) is 1.07. The van der Waals surface area contributed by atoms with Crippen LogP contribution in [0.4, 0.5) is 5.69 Å². The average Bonchev–Trinajstić information content (AvgIpc) is 2.92. The first-order chi connectivity index (χ1) is 13.0. The predicted octanol–water partition coefficient (Wildman–Crippen LogP) is 4.01. The molecule has 0 radical (unpaired) electrons. The lowest BCUT2D eigenvalue weighted by Gasteiger charge is -2.17. The second kappa shape index (κ2) is 8.35. The monoisotopic (exact) mass is 423 g/mol. The molecule has 1 N–H and O–H groups in total. The predicted molar refractivity (Wildman–Crippen MR) is 108 cm³/mol. The van der Waals surface area contributed by atoms with E-state index in [9.17, 15) is 9.59 Å². The molecule has 8 heteroatoms. The van der Waals surface area contributed by atoms with Crippen LogP contribution in [-0.2, 0) is 9.59 Å². The first-order valence-electron chi connectivity index (χ1n) is 7.94. The van der Waals surface area contributed by atoms with Crippen LogP contribution in [0.15, 0.2) is 47.4 Å². The van der Waals surface area contributed by atoms with Crippen molar-refractivity contribution in [3.8, 4) is 5.75 Å². The van der Waals surface area contributed by atoms with Gasteiger partial charge in [0.25, 0.3) is 11.8 Å². The van der Waals surface area contributed by atoms with Crippen LogP contribution in [0.5, 0.6) is 5.75 Å². The van der Waals surface area contributed by atoms with Crippen molar-refractivity contribution in [3.63, 3.8) is 0 Å². The number of ether oxygens (including phenoxy) is 1. The average molecular weight is 424 g/mol. The molecule has 0 atom stereocenters. The van der Waals surface area contributed by atoms with Crippen molar-refractivity contribution in [2.24, 2.45) is 0 Å². The number of imide groups is 1. The number of aliphatic hydroxyl groups excluding tert-OH is 1. The third-order valence-corrected chi connectivity index (χ3v) is 5.52. The number of thioether (sulfide) groups is 1. The number of aliphatic hydroxyl groups is 1. The van der Waals surface area contributed by atoms with E-state index in [4.69, 9.17) is 33.0 Å². The number of amides is 2. The third-order valence-electron chi connectivity index (χ3n) is 3.91. The SMILES string of the molecule is COc1ccc(C2=C(SCCO)C(=O)N(c3cc(Cl)ccc3Cl)C2=O)cc1. The molecule has 0 spiro atoms. The Hall–Kier alpha value is -1.99. The molecule has 1 heterocycles. The number of benzene rings is 2. The standard InChI is InChI=1S/C19H15Cl2NO4S/c1-26-13-5-2-11(3-6-13)16-17(27-9-8-23)19(25)22(18(16)24)15-10-12(20)4-7-14(15)21/h2-7,10,23H,8-9H2,1H3. The Morgan fingerprint density at radius 1 is 1.07 bits per heavy atom. The van der Waals surface area contributed by atoms with E-state index in [-0.39, 0.29) is 33.5 Å². The molecule has 1 aliphatic rings. The molecule has 2 aromatic carbocycles. The number of halogens is 2. The number of hydrogen-bond donors (Lipinski definition) is 1. The number of hydrogen-bond acceptors (Lipinski definition) is 5. The third kappa shape index (κ3) is 3.84. The highest BCUT2D eigenvalue weighted by Gasteiger charge is 2.41. The van der Waals surface area contributed by atoms with Crippen LogP contribution in [-0.4, -0.2) is 36.4 Å². The number of carbonyl (C=O) groups excluding carboxylic acids is 2. The van der Waals surface area contributed by atoms with Gasteiger partial charge < -0.3 is 9.84 Å². The van der Waals surface area contributed by atoms with E-state index in [1.807, 2.05) is 0 Å². The summed E-state index contributed by atoms with van der Waals surface area (Å²) in [5, 5.41) is 9.76. The fourth-order valence-electron chi connectivity index (χ4n) is 2.68. The van der Waals surface area contributed by atoms with E-state index < -0.39 is 11.8 Å². The first kappa shape index (κ1) is 19.8. The van der Waals surface area contributed by atoms with Crippen molar-refractivity contribution in [2.45, 2.75) is 0 Å². The molecule has 2 amide bonds. The molecule has 0 saturated carbocycles. The summed E-state index contributed by atoms with van der Waals surface area (Å²) in [5.74, 6) is -0.0656. The van der Waals surface area contributed by atoms with Gasteiger partial charge in [-0.1, -0.05) is 35.3 Å². The Balaban J connectivity index is 2.09. The largest absolute Gasteiger partial charge is 0.497 e. The molecule has 1 aliphatic heterocycles. The van der Waals surface area contributed by atoms with Gasteiger partial charge in [-0.05, 0) is 35.9 Å². The lowest BCUT2D eigenvalue weighted by molar-refractivity contribution is -0.119. The van der Waals surface area contributed by atoms with E-state index in [0.29, 0.717) is 16.3 Å². The van der Waals surface area contributed by atoms with Crippen molar-refractivity contribution in [2.75, 3.05) is 24.4 Å². The summed E-state index contributed by atoms with van der Waals surface area (Å²) < 4.78 is 5.14. The van der Waals surface area contributed by atoms with Gasteiger partial charge in [0.1, 0.15) is 5.75 Å². The fourth-order valence-corrected chi connectivity index (χ4v) is 3.91. The van der Waals surface area contributed by atoms with Crippen LogP contribution in [0, 0.1) is 0 Å². The van der Waals surface area contributed by atoms with Crippen molar-refractivity contribution in [1.82, 2.24) is 0 Å². The molecular formula is C19H15Cl2NO4S. The Bertz CT molecular complexity index is 928. The molecule has 5 nitrogen and oxygen atoms in total. The van der Waals surface area contributed by atoms with E-state index >= 15 is 0 Å². The van der Waals surface area contributed by atoms with Crippen LogP contribution in [0.1, 0.15) is 5.56 Å². The maximum Gasteiger partial charge on any atom is 0.272 e. The first-order valence-corrected chi connectivity index (χ1v) is 9.68. The van der Waals surface area contributed by atoms with E-state index in [1.54, 1.807) is 37.4 Å². The van der Waals surface area contributed by atoms with E-state index in [1.165, 1.54) is 12.1 Å². The van der Waals surface area contributed by atoms with Gasteiger partial charge in [-0.3, -0.25) is 9.59 Å². The van der Waals surface area contributed by atoms with Crippen molar-refractivity contribution in [3.05, 3.63) is 63.0 Å². The number of anilines is 1. The van der Waals surface area contributed by atoms with Crippen molar-refractivity contribution < 1.29 is 19.4 Å². The Morgan fingerprint density at radius 2 is 1.78 bits per heavy atom. The molecule has 3 rings (SSSR count). The maximum atomic E-state index is 13.1. The molecule has 140 valence electrons. The van der Waals surface area contributed by atoms with Gasteiger partial charge in [0.2, 0.25) is 0 Å². The zero-order chi connectivity index (χ0) is 19.6. The maximum absolute atomic E-state index is 13.1. The number of methoxy groups -OCH3 is 1. The van der Waals surface area contributed by atoms with Gasteiger partial charge in [0.05, 0.1) is 34.9 Å². The summed E-state index contributed by atoms with van der Waals surface area (Å²) in [6.45, 7) is -0.122. The van der Waals surface area contributed by atoms with Crippen molar-refractivity contribution >= 4 is 58.0 Å². The van der Waals surface area contributed by atoms with E-state index in [0.717, 1.165) is 16.7 Å². The van der Waals surface area contributed by atoms with Crippen LogP contribution in [0.25, 0.3) is 5.57 Å². The van der Waals surface area contributed by atoms with Crippen LogP contribution in [0.2, 0.25) is 10.0 Å². The summed E-state index contributed by atoms with van der Waals surface area (Å²) in [6.07, 6.45) is 0. The second-order valence-electron chi connectivity index (χ2n) is 5.55. The minimum absolute atomic E-state index is 0.122. The number of nitrogens with zero attached hydrogens (tertiary/aromatic N) is 1. The van der Waals surface area contributed by atoms with Crippen LogP contribution < -0.4 is 9.64 Å². The van der Waals surface area contributed by atoms with Crippen molar-refractivity contribution in [1.29, 1.82) is 0 Å². The Labute approximate surface area is 170 Å². The molecule has 0 fully saturated rings. The molecule has 0 bridgehead atoms. The van der Waals surface area contributed by atoms with Gasteiger partial charge in [-0.2, -0.15) is 0 Å². The lowest BCUT2D eigenvalue weighted by atomic mass is 10.1. The summed E-state index contributed by atoms with van der Waals surface area (Å²) in [6, 6.07) is 11.4. The molecule has 2 aromatic rings. The smallest absolute Gasteiger partial charge is 0.272 e. The zero-order valence-corrected chi connectivity index (χ0v) is 16.6. The second-order valence-corrected chi connectivity index (χ2v) is 7.49. The highest BCUT2D eigenvalue weighted by molar-refractivity contribution is 8.04. The zero-order valence-electron chi connectivity index (χ0n) is 14.2. The molecule has 0 unspecified atom stereocenters. The van der Waals surface area contributed by atoms with E-state index in [2.05, 4.69) is 0 Å². The highest BCUT2D eigenvalue weighted by atomic mass is 35.5. The van der Waals surface area contributed by atoms with Crippen LogP contribution >= 0.6 is 35.0 Å². The summed E-state index contributed by atoms with van der Waals surface area (Å²) in [7, 11) is 1.55. The van der Waals surface area contributed by atoms with Crippen LogP contribution in [0.3, 0.4) is 0 Å². The highest BCUT2D eigenvalue weighted by Crippen LogP contribution is 2.41. The van der Waals surface area contributed by atoms with Gasteiger partial charge in [0.15, 0.2) is 0 Å². The minimum Gasteiger partial charge on any atom is -0.497 e.